The molecule has 0 heterocycles. The summed E-state index contributed by atoms with van der Waals surface area (Å²) in [5, 5.41) is 32.7. The summed E-state index contributed by atoms with van der Waals surface area (Å²) < 4.78 is 0. The van der Waals surface area contributed by atoms with E-state index in [1.165, 1.54) is 44.9 Å². The average molecular weight is 520 g/mol. The van der Waals surface area contributed by atoms with E-state index in [4.69, 9.17) is 0 Å². The fraction of sp³-hybridized carbons (Fsp3) is 0.719. The van der Waals surface area contributed by atoms with Crippen LogP contribution in [0.4, 0.5) is 0 Å². The minimum atomic E-state index is -0.962. The summed E-state index contributed by atoms with van der Waals surface area (Å²) in [4.78, 5) is 12.2. The van der Waals surface area contributed by atoms with E-state index in [1.807, 2.05) is 6.08 Å². The summed E-state index contributed by atoms with van der Waals surface area (Å²) in [6, 6.07) is -0.772. The van der Waals surface area contributed by atoms with Gasteiger partial charge in [-0.15, -0.1) is 0 Å². The number of aliphatic hydroxyl groups is 3. The molecular formula is C32H57NO4. The Hall–Kier alpha value is -1.69. The number of aliphatic hydroxyl groups excluding tert-OH is 3. The lowest BCUT2D eigenvalue weighted by molar-refractivity contribution is -0.124. The van der Waals surface area contributed by atoms with Gasteiger partial charge in [-0.3, -0.25) is 4.79 Å². The van der Waals surface area contributed by atoms with E-state index in [0.29, 0.717) is 6.42 Å². The van der Waals surface area contributed by atoms with Crippen LogP contribution < -0.4 is 5.32 Å². The van der Waals surface area contributed by atoms with Gasteiger partial charge in [0.1, 0.15) is 0 Å². The third-order valence-corrected chi connectivity index (χ3v) is 6.30. The fourth-order valence-electron chi connectivity index (χ4n) is 3.96. The van der Waals surface area contributed by atoms with Crippen LogP contribution in [-0.2, 0) is 4.79 Å². The smallest absolute Gasteiger partial charge is 0.222 e. The van der Waals surface area contributed by atoms with E-state index in [1.54, 1.807) is 6.08 Å². The summed E-state index contributed by atoms with van der Waals surface area (Å²) in [6.45, 7) is 4.05. The van der Waals surface area contributed by atoms with E-state index in [9.17, 15) is 20.1 Å². The minimum Gasteiger partial charge on any atom is -0.394 e. The quantitative estimate of drug-likeness (QED) is 0.0766. The number of unbranched alkanes of at least 4 members (excludes halogenated alkanes) is 10. The van der Waals surface area contributed by atoms with E-state index in [2.05, 4.69) is 55.6 Å². The molecule has 5 heteroatoms. The molecular weight excluding hydrogens is 462 g/mol. The first-order chi connectivity index (χ1) is 18.0. The number of hydrogen-bond acceptors (Lipinski definition) is 4. The molecule has 4 N–H and O–H groups in total. The van der Waals surface area contributed by atoms with Gasteiger partial charge in [-0.1, -0.05) is 101 Å². The first-order valence-corrected chi connectivity index (χ1v) is 14.9. The van der Waals surface area contributed by atoms with Gasteiger partial charge in [0.25, 0.3) is 0 Å². The standard InChI is InChI=1S/C32H57NO4/c1-3-5-7-9-11-13-15-17-19-21-23-25-29(35)27-32(37)33-30(28-34)31(36)26-24-22-20-18-16-14-12-10-8-6-4-2/h8,10,16-19,24,26,29-31,34-36H,3-7,9,11-15,20-23,25,27-28H2,1-2H3,(H,33,37)/b10-8+,18-16+,19-17-,26-24+. The summed E-state index contributed by atoms with van der Waals surface area (Å²) in [7, 11) is 0. The predicted molar refractivity (Wildman–Crippen MR) is 157 cm³/mol. The molecule has 0 aromatic carbocycles. The summed E-state index contributed by atoms with van der Waals surface area (Å²) in [5.74, 6) is -0.353. The van der Waals surface area contributed by atoms with Gasteiger partial charge >= 0.3 is 0 Å². The molecule has 0 bridgehead atoms. The lowest BCUT2D eigenvalue weighted by Crippen LogP contribution is -2.45. The summed E-state index contributed by atoms with van der Waals surface area (Å²) >= 11 is 0. The second-order valence-corrected chi connectivity index (χ2v) is 9.98. The lowest BCUT2D eigenvalue weighted by atomic mass is 10.1. The van der Waals surface area contributed by atoms with Crippen molar-refractivity contribution in [2.75, 3.05) is 6.61 Å². The maximum atomic E-state index is 12.2. The number of amides is 1. The zero-order valence-corrected chi connectivity index (χ0v) is 23.8. The van der Waals surface area contributed by atoms with E-state index in [-0.39, 0.29) is 18.9 Å². The van der Waals surface area contributed by atoms with Gasteiger partial charge < -0.3 is 20.6 Å². The number of carbonyl (C=O) groups is 1. The second kappa shape index (κ2) is 27.3. The first-order valence-electron chi connectivity index (χ1n) is 14.9. The van der Waals surface area contributed by atoms with Crippen LogP contribution in [0.3, 0.4) is 0 Å². The Morgan fingerprint density at radius 2 is 1.22 bits per heavy atom. The van der Waals surface area contributed by atoms with Crippen molar-refractivity contribution in [1.29, 1.82) is 0 Å². The Kier molecular flexibility index (Phi) is 26.1. The Morgan fingerprint density at radius 1 is 0.676 bits per heavy atom. The topological polar surface area (TPSA) is 89.8 Å². The molecule has 3 unspecified atom stereocenters. The van der Waals surface area contributed by atoms with E-state index < -0.39 is 18.2 Å². The van der Waals surface area contributed by atoms with Crippen LogP contribution in [0.5, 0.6) is 0 Å². The van der Waals surface area contributed by atoms with Gasteiger partial charge in [0, 0.05) is 0 Å². The van der Waals surface area contributed by atoms with Gasteiger partial charge in [0.2, 0.25) is 5.91 Å². The highest BCUT2D eigenvalue weighted by Crippen LogP contribution is 2.09. The molecule has 0 saturated carbocycles. The number of allylic oxidation sites excluding steroid dienone is 7. The molecule has 37 heavy (non-hydrogen) atoms. The molecule has 0 rings (SSSR count). The zero-order chi connectivity index (χ0) is 27.4. The average Bonchev–Trinajstić information content (AvgIpc) is 2.88. The highest BCUT2D eigenvalue weighted by molar-refractivity contribution is 5.76. The van der Waals surface area contributed by atoms with Gasteiger partial charge in [-0.25, -0.2) is 0 Å². The molecule has 0 radical (unpaired) electrons. The maximum absolute atomic E-state index is 12.2. The number of nitrogens with one attached hydrogen (secondary N) is 1. The summed E-state index contributed by atoms with van der Waals surface area (Å²) in [5.41, 5.74) is 0. The Labute approximate surface area is 227 Å². The molecule has 0 fully saturated rings. The fourth-order valence-corrected chi connectivity index (χ4v) is 3.96. The van der Waals surface area contributed by atoms with Gasteiger partial charge in [-0.2, -0.15) is 0 Å². The Morgan fingerprint density at radius 3 is 1.84 bits per heavy atom. The van der Waals surface area contributed by atoms with Crippen LogP contribution in [0, 0.1) is 0 Å². The van der Waals surface area contributed by atoms with Gasteiger partial charge in [-0.05, 0) is 64.2 Å². The molecule has 0 aliphatic heterocycles. The van der Waals surface area contributed by atoms with Crippen LogP contribution in [0.1, 0.15) is 123 Å². The van der Waals surface area contributed by atoms with Gasteiger partial charge in [0.15, 0.2) is 0 Å². The first kappa shape index (κ1) is 35.3. The number of rotatable bonds is 25. The van der Waals surface area contributed by atoms with Crippen molar-refractivity contribution in [3.05, 3.63) is 48.6 Å². The van der Waals surface area contributed by atoms with Crippen molar-refractivity contribution in [3.8, 4) is 0 Å². The number of hydrogen-bond donors (Lipinski definition) is 4. The van der Waals surface area contributed by atoms with Crippen LogP contribution in [-0.4, -0.2) is 46.1 Å². The van der Waals surface area contributed by atoms with Crippen molar-refractivity contribution >= 4 is 5.91 Å². The van der Waals surface area contributed by atoms with Crippen LogP contribution in [0.2, 0.25) is 0 Å². The molecule has 1 amide bonds. The van der Waals surface area contributed by atoms with Crippen LogP contribution >= 0.6 is 0 Å². The third-order valence-electron chi connectivity index (χ3n) is 6.30. The minimum absolute atomic E-state index is 0.0210. The van der Waals surface area contributed by atoms with Crippen molar-refractivity contribution < 1.29 is 20.1 Å². The molecule has 0 aromatic heterocycles. The van der Waals surface area contributed by atoms with Crippen molar-refractivity contribution in [3.63, 3.8) is 0 Å². The second-order valence-electron chi connectivity index (χ2n) is 9.98. The third kappa shape index (κ3) is 24.4. The molecule has 5 nitrogen and oxygen atoms in total. The molecule has 0 aliphatic rings. The van der Waals surface area contributed by atoms with Crippen LogP contribution in [0.25, 0.3) is 0 Å². The van der Waals surface area contributed by atoms with Gasteiger partial charge in [0.05, 0.1) is 31.3 Å². The molecule has 3 atom stereocenters. The summed E-state index contributed by atoms with van der Waals surface area (Å²) in [6.07, 6.45) is 32.3. The SMILES string of the molecule is CCC/C=C/CC/C=C/CC/C=C/C(O)C(CO)NC(=O)CC(O)CCC/C=C\CCCCCCCC. The molecule has 0 spiro atoms. The monoisotopic (exact) mass is 519 g/mol. The molecule has 214 valence electrons. The number of carbonyl (C=O) groups excluding carboxylic acids is 1. The van der Waals surface area contributed by atoms with Crippen molar-refractivity contribution in [1.82, 2.24) is 5.32 Å². The zero-order valence-electron chi connectivity index (χ0n) is 23.8. The molecule has 0 aliphatic carbocycles. The van der Waals surface area contributed by atoms with E-state index >= 15 is 0 Å². The van der Waals surface area contributed by atoms with Crippen LogP contribution in [0.15, 0.2) is 48.6 Å². The van der Waals surface area contributed by atoms with E-state index in [0.717, 1.165) is 51.4 Å². The van der Waals surface area contributed by atoms with Crippen molar-refractivity contribution in [2.45, 2.75) is 141 Å². The largest absolute Gasteiger partial charge is 0.394 e. The lowest BCUT2D eigenvalue weighted by Gasteiger charge is -2.20. The Balaban J connectivity index is 3.96. The predicted octanol–water partition coefficient (Wildman–Crippen LogP) is 7.08. The maximum Gasteiger partial charge on any atom is 0.222 e. The Bertz CT molecular complexity index is 626. The normalized spacial score (nSPS) is 14.8. The highest BCUT2D eigenvalue weighted by atomic mass is 16.3. The van der Waals surface area contributed by atoms with Crippen molar-refractivity contribution in [2.24, 2.45) is 0 Å². The molecule has 0 saturated heterocycles. The highest BCUT2D eigenvalue weighted by Gasteiger charge is 2.19. The molecule has 0 aromatic rings.